The highest BCUT2D eigenvalue weighted by Gasteiger charge is 2.40. The van der Waals surface area contributed by atoms with Crippen molar-refractivity contribution >= 4 is 23.3 Å². The van der Waals surface area contributed by atoms with Gasteiger partial charge in [-0.15, -0.1) is 0 Å². The summed E-state index contributed by atoms with van der Waals surface area (Å²) in [7, 11) is 0. The third kappa shape index (κ3) is 6.30. The molecule has 0 atom stereocenters. The van der Waals surface area contributed by atoms with E-state index in [0.717, 1.165) is 11.3 Å². The number of halogens is 5. The lowest BCUT2D eigenvalue weighted by Gasteiger charge is -2.15. The van der Waals surface area contributed by atoms with E-state index in [4.69, 9.17) is 16.3 Å². The number of nitrogens with zero attached hydrogens (tertiary/aromatic N) is 2. The minimum absolute atomic E-state index is 0.247. The number of carbonyl (C=O) groups is 1. The highest BCUT2D eigenvalue weighted by atomic mass is 35.5. The monoisotopic (exact) mass is 469 g/mol. The van der Waals surface area contributed by atoms with Gasteiger partial charge in [0.2, 0.25) is 0 Å². The first kappa shape index (κ1) is 23.7. The van der Waals surface area contributed by atoms with Crippen LogP contribution in [-0.4, -0.2) is 34.6 Å². The van der Waals surface area contributed by atoms with Gasteiger partial charge in [-0.1, -0.05) is 35.9 Å². The van der Waals surface area contributed by atoms with Crippen molar-refractivity contribution in [1.82, 2.24) is 9.78 Å². The Morgan fingerprint density at radius 2 is 1.88 bits per heavy atom. The molecule has 0 unspecified atom stereocenters. The quantitative estimate of drug-likeness (QED) is 0.417. The fourth-order valence-electron chi connectivity index (χ4n) is 2.85. The molecule has 0 aliphatic rings. The van der Waals surface area contributed by atoms with Crippen LogP contribution in [0.1, 0.15) is 27.2 Å². The Bertz CT molecular complexity index is 1070. The second-order valence-electron chi connectivity index (χ2n) is 7.16. The number of aromatic nitrogens is 2. The van der Waals surface area contributed by atoms with Crippen molar-refractivity contribution in [2.24, 2.45) is 0 Å². The van der Waals surface area contributed by atoms with E-state index in [0.29, 0.717) is 22.9 Å². The lowest BCUT2D eigenvalue weighted by atomic mass is 10.1. The predicted molar refractivity (Wildman–Crippen MR) is 113 cm³/mol. The average Bonchev–Trinajstić information content (AvgIpc) is 3.08. The second kappa shape index (κ2) is 10.1. The molecule has 32 heavy (non-hydrogen) atoms. The van der Waals surface area contributed by atoms with Crippen LogP contribution < -0.4 is 5.32 Å². The Kier molecular flexibility index (Phi) is 7.52. The zero-order valence-corrected chi connectivity index (χ0v) is 17.8. The summed E-state index contributed by atoms with van der Waals surface area (Å²) in [6.45, 7) is 0.602. The van der Waals surface area contributed by atoms with Gasteiger partial charge in [-0.25, -0.2) is 8.78 Å². The van der Waals surface area contributed by atoms with Crippen molar-refractivity contribution in [2.75, 3.05) is 11.9 Å². The smallest absolute Gasteiger partial charge is 0.330 e. The van der Waals surface area contributed by atoms with Crippen LogP contribution in [0.3, 0.4) is 0 Å². The number of anilines is 1. The van der Waals surface area contributed by atoms with E-state index in [1.165, 1.54) is 12.1 Å². The molecule has 170 valence electrons. The molecular formula is C22H20ClF4N3O2. The van der Waals surface area contributed by atoms with Crippen LogP contribution in [0.5, 0.6) is 0 Å². The van der Waals surface area contributed by atoms with E-state index in [2.05, 4.69) is 10.4 Å². The van der Waals surface area contributed by atoms with Gasteiger partial charge in [-0.2, -0.15) is 13.9 Å². The molecule has 3 rings (SSSR count). The first-order chi connectivity index (χ1) is 15.1. The minimum atomic E-state index is -4.22. The van der Waals surface area contributed by atoms with Gasteiger partial charge in [-0.05, 0) is 42.3 Å². The molecule has 1 heterocycles. The van der Waals surface area contributed by atoms with Gasteiger partial charge < -0.3 is 10.1 Å². The molecular weight excluding hydrogens is 450 g/mol. The van der Waals surface area contributed by atoms with E-state index < -0.39 is 24.9 Å². The van der Waals surface area contributed by atoms with Gasteiger partial charge in [0.15, 0.2) is 5.82 Å². The zero-order chi connectivity index (χ0) is 23.3. The minimum Gasteiger partial charge on any atom is -0.370 e. The molecule has 1 amide bonds. The topological polar surface area (TPSA) is 56.1 Å². The SMILES string of the molecule is Cc1cc(NC(=O)c2cccc(COCC(F)(F)C(F)F)c2)nn1Cc1ccc(Cl)cc1. The number of carbonyl (C=O) groups excluding carboxylic acids is 1. The van der Waals surface area contributed by atoms with Crippen LogP contribution in [0.15, 0.2) is 54.6 Å². The number of ether oxygens (including phenoxy) is 1. The van der Waals surface area contributed by atoms with E-state index >= 15 is 0 Å². The molecule has 1 aromatic heterocycles. The highest BCUT2D eigenvalue weighted by Crippen LogP contribution is 2.23. The summed E-state index contributed by atoms with van der Waals surface area (Å²) in [6, 6.07) is 15.1. The number of aryl methyl sites for hydroxylation is 1. The Morgan fingerprint density at radius 3 is 2.56 bits per heavy atom. The summed E-state index contributed by atoms with van der Waals surface area (Å²) in [5, 5.41) is 7.70. The van der Waals surface area contributed by atoms with Gasteiger partial charge in [0.25, 0.3) is 5.91 Å². The molecule has 0 saturated heterocycles. The van der Waals surface area contributed by atoms with Crippen molar-refractivity contribution in [1.29, 1.82) is 0 Å². The molecule has 0 fully saturated rings. The van der Waals surface area contributed by atoms with Crippen LogP contribution >= 0.6 is 11.6 Å². The summed E-state index contributed by atoms with van der Waals surface area (Å²) >= 11 is 5.90. The normalized spacial score (nSPS) is 11.7. The molecule has 0 bridgehead atoms. The number of hydrogen-bond acceptors (Lipinski definition) is 3. The van der Waals surface area contributed by atoms with Crippen molar-refractivity contribution in [3.63, 3.8) is 0 Å². The molecule has 5 nitrogen and oxygen atoms in total. The fourth-order valence-corrected chi connectivity index (χ4v) is 2.98. The Hall–Kier alpha value is -2.91. The number of amides is 1. The van der Waals surface area contributed by atoms with E-state index in [9.17, 15) is 22.4 Å². The number of alkyl halides is 4. The Balaban J connectivity index is 1.61. The molecule has 0 radical (unpaired) electrons. The maximum absolute atomic E-state index is 12.9. The van der Waals surface area contributed by atoms with E-state index in [-0.39, 0.29) is 12.2 Å². The second-order valence-corrected chi connectivity index (χ2v) is 7.60. The lowest BCUT2D eigenvalue weighted by Crippen LogP contribution is -2.32. The molecule has 3 aromatic rings. The van der Waals surface area contributed by atoms with Crippen LogP contribution in [-0.2, 0) is 17.9 Å². The fraction of sp³-hybridized carbons (Fsp3) is 0.273. The lowest BCUT2D eigenvalue weighted by molar-refractivity contribution is -0.168. The van der Waals surface area contributed by atoms with Gasteiger partial charge in [0.1, 0.15) is 6.61 Å². The first-order valence-electron chi connectivity index (χ1n) is 9.57. The van der Waals surface area contributed by atoms with Crippen LogP contribution in [0.2, 0.25) is 5.02 Å². The molecule has 10 heteroatoms. The standard InChI is InChI=1S/C22H20ClF4N3O2/c1-14-9-19(29-30(14)11-15-5-7-18(23)8-6-15)28-20(31)17-4-2-3-16(10-17)12-32-13-22(26,27)21(24)25/h2-10,21H,11-13H2,1H3,(H,28,29,31). The summed E-state index contributed by atoms with van der Waals surface area (Å²) in [4.78, 5) is 12.6. The first-order valence-corrected chi connectivity index (χ1v) is 9.95. The third-order valence-corrected chi connectivity index (χ3v) is 4.79. The Labute approximate surface area is 186 Å². The maximum Gasteiger partial charge on any atom is 0.330 e. The van der Waals surface area contributed by atoms with Gasteiger partial charge >= 0.3 is 12.3 Å². The van der Waals surface area contributed by atoms with Crippen LogP contribution in [0.25, 0.3) is 0 Å². The number of benzene rings is 2. The van der Waals surface area contributed by atoms with Crippen LogP contribution in [0.4, 0.5) is 23.4 Å². The molecule has 0 aliphatic carbocycles. The Morgan fingerprint density at radius 1 is 1.16 bits per heavy atom. The highest BCUT2D eigenvalue weighted by molar-refractivity contribution is 6.30. The number of rotatable bonds is 9. The molecule has 1 N–H and O–H groups in total. The zero-order valence-electron chi connectivity index (χ0n) is 17.0. The maximum atomic E-state index is 12.9. The summed E-state index contributed by atoms with van der Waals surface area (Å²) in [6.07, 6.45) is -3.80. The van der Waals surface area contributed by atoms with Gasteiger partial charge in [-0.3, -0.25) is 9.48 Å². The molecule has 0 spiro atoms. The average molecular weight is 470 g/mol. The summed E-state index contributed by atoms with van der Waals surface area (Å²) in [5.74, 6) is -4.34. The van der Waals surface area contributed by atoms with Crippen molar-refractivity contribution < 1.29 is 27.1 Å². The van der Waals surface area contributed by atoms with E-state index in [1.54, 1.807) is 35.0 Å². The van der Waals surface area contributed by atoms with Gasteiger partial charge in [0, 0.05) is 22.3 Å². The summed E-state index contributed by atoms with van der Waals surface area (Å²) in [5.41, 5.74) is 2.46. The largest absolute Gasteiger partial charge is 0.370 e. The van der Waals surface area contributed by atoms with Crippen molar-refractivity contribution in [2.45, 2.75) is 32.4 Å². The molecule has 2 aromatic carbocycles. The van der Waals surface area contributed by atoms with Crippen molar-refractivity contribution in [3.05, 3.63) is 82.0 Å². The molecule has 0 saturated carbocycles. The van der Waals surface area contributed by atoms with Crippen LogP contribution in [0, 0.1) is 6.92 Å². The van der Waals surface area contributed by atoms with Crippen molar-refractivity contribution in [3.8, 4) is 0 Å². The number of nitrogens with one attached hydrogen (secondary N) is 1. The predicted octanol–water partition coefficient (Wildman–Crippen LogP) is 5.56. The molecule has 0 aliphatic heterocycles. The van der Waals surface area contributed by atoms with Gasteiger partial charge in [0.05, 0.1) is 13.2 Å². The number of hydrogen-bond donors (Lipinski definition) is 1. The summed E-state index contributed by atoms with van der Waals surface area (Å²) < 4.78 is 56.7. The van der Waals surface area contributed by atoms with E-state index in [1.807, 2.05) is 19.1 Å². The third-order valence-electron chi connectivity index (χ3n) is 4.54.